The van der Waals surface area contributed by atoms with Gasteiger partial charge in [-0.15, -0.1) is 0 Å². The first kappa shape index (κ1) is 83.1. The summed E-state index contributed by atoms with van der Waals surface area (Å²) in [4.78, 5) is 37.5. The van der Waals surface area contributed by atoms with Gasteiger partial charge in [0.25, 0.3) is 0 Å². The Labute approximate surface area is 544 Å². The summed E-state index contributed by atoms with van der Waals surface area (Å²) in [5, 5.41) is 11.8. The van der Waals surface area contributed by atoms with E-state index in [0.717, 1.165) is 167 Å². The summed E-state index contributed by atoms with van der Waals surface area (Å²) in [5.41, 5.74) is 0. The van der Waals surface area contributed by atoms with E-state index in [2.05, 4.69) is 208 Å². The van der Waals surface area contributed by atoms with E-state index in [0.29, 0.717) is 23.9 Å². The van der Waals surface area contributed by atoms with Crippen molar-refractivity contribution in [3.63, 3.8) is 0 Å². The molecule has 9 heteroatoms. The highest BCUT2D eigenvalue weighted by Gasteiger charge is 2.22. The fourth-order valence-corrected chi connectivity index (χ4v) is 8.63. The Morgan fingerprint density at radius 1 is 0.337 bits per heavy atom. The molecule has 0 N–H and O–H groups in total. The third-order valence-electron chi connectivity index (χ3n) is 13.8. The van der Waals surface area contributed by atoms with Gasteiger partial charge in [-0.1, -0.05) is 272 Å². The Balaban J connectivity index is 4.25. The lowest BCUT2D eigenvalue weighted by molar-refractivity contribution is -0.870. The topological polar surface area (TPSA) is 111 Å². The quantitative estimate of drug-likeness (QED) is 0.0195. The van der Waals surface area contributed by atoms with E-state index in [1.807, 2.05) is 21.1 Å². The average Bonchev–Trinajstić information content (AvgIpc) is 3.64. The molecule has 498 valence electrons. The largest absolute Gasteiger partial charge is 0.545 e. The lowest BCUT2D eigenvalue weighted by Gasteiger charge is -2.26. The molecule has 2 unspecified atom stereocenters. The number of carboxylic acid groups (broad SMARTS) is 1. The molecule has 0 aliphatic rings. The van der Waals surface area contributed by atoms with E-state index in [4.69, 9.17) is 18.9 Å². The predicted molar refractivity (Wildman–Crippen MR) is 379 cm³/mol. The zero-order valence-corrected chi connectivity index (χ0v) is 56.7. The second kappa shape index (κ2) is 68.0. The SMILES string of the molecule is CC/C=C\C/C=C\C/C=C\C/C=C\C/C=C\C/C=C\C/C=C\C/C=C\C/C=C\C/C=C\CCCCCCCCCCC(=O)OC(COC(=O)CCCCCCCC/C=C\C/C=C\C/C=C\C/C=C\C/C=C\C/C=C\CC)COC(OCC[N+](C)(C)C)C(=O)[O-]. The molecule has 0 aromatic heterocycles. The van der Waals surface area contributed by atoms with Crippen LogP contribution in [0, 0.1) is 0 Å². The minimum Gasteiger partial charge on any atom is -0.545 e. The number of hydrogen-bond acceptors (Lipinski definition) is 8. The van der Waals surface area contributed by atoms with Gasteiger partial charge in [0.15, 0.2) is 12.4 Å². The van der Waals surface area contributed by atoms with Crippen molar-refractivity contribution in [2.45, 2.75) is 245 Å². The van der Waals surface area contributed by atoms with Gasteiger partial charge in [0.1, 0.15) is 13.2 Å². The monoisotopic (exact) mass is 1230 g/mol. The third kappa shape index (κ3) is 69.5. The summed E-state index contributed by atoms with van der Waals surface area (Å²) in [5.74, 6) is -2.34. The van der Waals surface area contributed by atoms with Gasteiger partial charge in [-0.3, -0.25) is 9.59 Å². The summed E-state index contributed by atoms with van der Waals surface area (Å²) >= 11 is 0. The van der Waals surface area contributed by atoms with Crippen molar-refractivity contribution in [1.29, 1.82) is 0 Å². The minimum atomic E-state index is -1.64. The number of nitrogens with zero attached hydrogens (tertiary/aromatic N) is 1. The first-order valence-electron chi connectivity index (χ1n) is 34.6. The van der Waals surface area contributed by atoms with E-state index in [1.165, 1.54) is 25.7 Å². The van der Waals surface area contributed by atoms with E-state index in [-0.39, 0.29) is 38.6 Å². The zero-order valence-electron chi connectivity index (χ0n) is 56.7. The predicted octanol–water partition coefficient (Wildman–Crippen LogP) is 20.5. The van der Waals surface area contributed by atoms with Crippen LogP contribution in [0.4, 0.5) is 0 Å². The molecular weight excluding hydrogens is 1100 g/mol. The van der Waals surface area contributed by atoms with Crippen LogP contribution in [0.25, 0.3) is 0 Å². The summed E-state index contributed by atoms with van der Waals surface area (Å²) in [7, 11) is 5.90. The number of hydrogen-bond donors (Lipinski definition) is 0. The molecular formula is C80H125NO8. The van der Waals surface area contributed by atoms with Crippen molar-refractivity contribution in [2.75, 3.05) is 47.5 Å². The van der Waals surface area contributed by atoms with E-state index in [9.17, 15) is 19.5 Å². The molecule has 89 heavy (non-hydrogen) atoms. The van der Waals surface area contributed by atoms with Crippen molar-refractivity contribution >= 4 is 17.9 Å². The fraction of sp³-hybridized carbons (Fsp3) is 0.562. The number of carbonyl (C=O) groups is 3. The van der Waals surface area contributed by atoms with Crippen molar-refractivity contribution < 1.29 is 42.9 Å². The maximum Gasteiger partial charge on any atom is 0.306 e. The maximum absolute atomic E-state index is 12.9. The molecule has 0 bridgehead atoms. The Hall–Kier alpha value is -5.87. The molecule has 2 atom stereocenters. The van der Waals surface area contributed by atoms with Gasteiger partial charge in [-0.05, 0) is 141 Å². The lowest BCUT2D eigenvalue weighted by atomic mass is 10.1. The first-order valence-corrected chi connectivity index (χ1v) is 34.6. The van der Waals surface area contributed by atoms with Crippen LogP contribution in [0.15, 0.2) is 194 Å². The number of esters is 2. The van der Waals surface area contributed by atoms with Crippen molar-refractivity contribution in [1.82, 2.24) is 0 Å². The molecule has 0 fully saturated rings. The van der Waals surface area contributed by atoms with Crippen molar-refractivity contribution in [3.05, 3.63) is 194 Å². The molecule has 0 saturated carbocycles. The van der Waals surface area contributed by atoms with Gasteiger partial charge in [0.05, 0.1) is 40.3 Å². The van der Waals surface area contributed by atoms with Gasteiger partial charge < -0.3 is 33.3 Å². The third-order valence-corrected chi connectivity index (χ3v) is 13.8. The number of carbonyl (C=O) groups excluding carboxylic acids is 3. The van der Waals surface area contributed by atoms with Crippen molar-refractivity contribution in [3.8, 4) is 0 Å². The smallest absolute Gasteiger partial charge is 0.306 e. The highest BCUT2D eigenvalue weighted by Crippen LogP contribution is 2.14. The average molecular weight is 1230 g/mol. The van der Waals surface area contributed by atoms with Gasteiger partial charge in [-0.25, -0.2) is 0 Å². The summed E-state index contributed by atoms with van der Waals surface area (Å²) in [6, 6.07) is 0. The Bertz CT molecular complexity index is 2160. The highest BCUT2D eigenvalue weighted by molar-refractivity contribution is 5.70. The molecule has 0 aliphatic carbocycles. The van der Waals surface area contributed by atoms with Crippen LogP contribution in [0.2, 0.25) is 0 Å². The van der Waals surface area contributed by atoms with Crippen molar-refractivity contribution in [2.24, 2.45) is 0 Å². The van der Waals surface area contributed by atoms with Crippen LogP contribution in [-0.4, -0.2) is 82.3 Å². The van der Waals surface area contributed by atoms with E-state index in [1.54, 1.807) is 0 Å². The molecule has 0 heterocycles. The molecule has 0 spiro atoms. The number of unbranched alkanes of at least 4 members (excludes halogenated alkanes) is 14. The summed E-state index contributed by atoms with van der Waals surface area (Å²) in [6.45, 7) is 4.47. The normalized spacial score (nSPS) is 13.9. The van der Waals surface area contributed by atoms with Gasteiger partial charge in [-0.2, -0.15) is 0 Å². The number of quaternary nitrogens is 1. The van der Waals surface area contributed by atoms with Crippen LogP contribution in [0.5, 0.6) is 0 Å². The summed E-state index contributed by atoms with van der Waals surface area (Å²) < 4.78 is 22.7. The van der Waals surface area contributed by atoms with Crippen LogP contribution < -0.4 is 5.11 Å². The zero-order chi connectivity index (χ0) is 64.7. The van der Waals surface area contributed by atoms with E-state index < -0.39 is 24.3 Å². The molecule has 0 rings (SSSR count). The molecule has 0 aromatic rings. The Kier molecular flexibility index (Phi) is 63.6. The standard InChI is InChI=1S/C80H125NO8/c1-6-8-10-12-14-16-18-20-22-24-26-28-30-32-33-34-35-36-37-38-39-40-41-42-43-44-45-47-49-51-53-55-57-59-61-63-65-67-69-71-78(83)89-76(75-88-80(79(84)85)86-73-72-81(3,4)5)74-87-77(82)70-68-66-64-62-60-58-56-54-52-50-48-46-31-29-27-25-23-21-19-17-15-13-11-9-7-2/h8-11,14-17,20-23,26-29,32-33,35-36,38-39,41-42,44-46,48-49,51-52,54,76,80H,6-7,12-13,18-19,24-25,30-31,34,37,40,43,47,50,53,55-75H2,1-5H3/b10-8-,11-9-,16-14-,17-15-,22-20-,23-21-,28-26-,29-27-,33-32-,36-35-,39-38-,42-41-,45-44-,48-46-,51-49-,54-52-. The van der Waals surface area contributed by atoms with Crippen LogP contribution in [-0.2, 0) is 33.3 Å². The molecule has 0 aromatic carbocycles. The molecule has 0 aliphatic heterocycles. The Morgan fingerprint density at radius 3 is 0.899 bits per heavy atom. The summed E-state index contributed by atoms with van der Waals surface area (Å²) in [6.07, 6.45) is 102. The minimum absolute atomic E-state index is 0.132. The second-order valence-corrected chi connectivity index (χ2v) is 23.3. The van der Waals surface area contributed by atoms with Gasteiger partial charge in [0.2, 0.25) is 0 Å². The van der Waals surface area contributed by atoms with Gasteiger partial charge in [0, 0.05) is 12.8 Å². The number of aliphatic carboxylic acids is 1. The van der Waals surface area contributed by atoms with E-state index >= 15 is 0 Å². The molecule has 0 saturated heterocycles. The van der Waals surface area contributed by atoms with Crippen LogP contribution in [0.1, 0.15) is 232 Å². The lowest BCUT2D eigenvalue weighted by Crippen LogP contribution is -2.44. The number of carboxylic acids is 1. The first-order chi connectivity index (χ1) is 43.6. The highest BCUT2D eigenvalue weighted by atomic mass is 16.7. The maximum atomic E-state index is 12.9. The van der Waals surface area contributed by atoms with Gasteiger partial charge >= 0.3 is 11.9 Å². The molecule has 0 radical (unpaired) electrons. The number of likely N-dealkylation sites (N-methyl/N-ethyl adjacent to an activating group) is 1. The fourth-order valence-electron chi connectivity index (χ4n) is 8.63. The number of rotatable bonds is 61. The molecule has 0 amide bonds. The van der Waals surface area contributed by atoms with Crippen LogP contribution in [0.3, 0.4) is 0 Å². The number of ether oxygens (including phenoxy) is 4. The van der Waals surface area contributed by atoms with Crippen LogP contribution >= 0.6 is 0 Å². The second-order valence-electron chi connectivity index (χ2n) is 23.3. The molecule has 9 nitrogen and oxygen atoms in total. The Morgan fingerprint density at radius 2 is 0.607 bits per heavy atom. The number of allylic oxidation sites excluding steroid dienone is 32.